The highest BCUT2D eigenvalue weighted by molar-refractivity contribution is 5.85. The molecule has 1 aliphatic rings. The molecule has 1 saturated heterocycles. The number of nitrogens with zero attached hydrogens (tertiary/aromatic N) is 1. The third kappa shape index (κ3) is 5.93. The second kappa shape index (κ2) is 10.9. The SMILES string of the molecule is COc1ccc(C(CC(=O)N2CCNCC2c2cccc(F)c2)NC(C)=O)cc1.Cl. The number of hydrogen-bond acceptors (Lipinski definition) is 4. The highest BCUT2D eigenvalue weighted by atomic mass is 35.5. The maximum atomic E-state index is 13.7. The molecule has 2 aromatic carbocycles. The number of ether oxygens (including phenoxy) is 1. The second-order valence-electron chi connectivity index (χ2n) is 7.09. The van der Waals surface area contributed by atoms with E-state index in [4.69, 9.17) is 4.74 Å². The lowest BCUT2D eigenvalue weighted by Crippen LogP contribution is -2.49. The highest BCUT2D eigenvalue weighted by Crippen LogP contribution is 2.27. The first kappa shape index (κ1) is 23.6. The summed E-state index contributed by atoms with van der Waals surface area (Å²) in [4.78, 5) is 26.7. The molecule has 6 nitrogen and oxygen atoms in total. The quantitative estimate of drug-likeness (QED) is 0.731. The molecule has 2 unspecified atom stereocenters. The van der Waals surface area contributed by atoms with E-state index in [0.29, 0.717) is 25.4 Å². The number of benzene rings is 2. The average Bonchev–Trinajstić information content (AvgIpc) is 2.73. The fraction of sp³-hybridized carbons (Fsp3) is 0.364. The summed E-state index contributed by atoms with van der Waals surface area (Å²) in [5, 5.41) is 6.13. The Morgan fingerprint density at radius 1 is 1.27 bits per heavy atom. The standard InChI is InChI=1S/C22H26FN3O3.ClH/c1-15(27)25-20(16-6-8-19(29-2)9-7-16)13-22(28)26-11-10-24-14-21(26)17-4-3-5-18(23)12-17;/h3-9,12,20-21,24H,10-11,13-14H2,1-2H3,(H,25,27);1H. The van der Waals surface area contributed by atoms with Crippen molar-refractivity contribution in [3.05, 3.63) is 65.5 Å². The van der Waals surface area contributed by atoms with Gasteiger partial charge in [-0.05, 0) is 35.4 Å². The number of carbonyl (C=O) groups excluding carboxylic acids is 2. The summed E-state index contributed by atoms with van der Waals surface area (Å²) in [6.45, 7) is 3.18. The third-order valence-corrected chi connectivity index (χ3v) is 5.07. The number of rotatable bonds is 6. The molecule has 2 atom stereocenters. The van der Waals surface area contributed by atoms with Crippen molar-refractivity contribution in [1.29, 1.82) is 0 Å². The number of piperazine rings is 1. The minimum absolute atomic E-state index is 0. The molecule has 1 aliphatic heterocycles. The van der Waals surface area contributed by atoms with E-state index in [1.807, 2.05) is 18.2 Å². The summed E-state index contributed by atoms with van der Waals surface area (Å²) < 4.78 is 18.9. The molecule has 2 N–H and O–H groups in total. The van der Waals surface area contributed by atoms with Crippen molar-refractivity contribution < 1.29 is 18.7 Å². The van der Waals surface area contributed by atoms with Crippen molar-refractivity contribution >= 4 is 24.2 Å². The number of methoxy groups -OCH3 is 1. The zero-order valence-electron chi connectivity index (χ0n) is 17.1. The van der Waals surface area contributed by atoms with Gasteiger partial charge in [0.05, 0.1) is 25.6 Å². The van der Waals surface area contributed by atoms with Gasteiger partial charge in [-0.1, -0.05) is 24.3 Å². The molecule has 0 aliphatic carbocycles. The minimum atomic E-state index is -0.450. The van der Waals surface area contributed by atoms with Gasteiger partial charge in [0, 0.05) is 26.6 Å². The Bertz CT molecular complexity index is 863. The van der Waals surface area contributed by atoms with Crippen molar-refractivity contribution in [1.82, 2.24) is 15.5 Å². The van der Waals surface area contributed by atoms with Crippen LogP contribution < -0.4 is 15.4 Å². The minimum Gasteiger partial charge on any atom is -0.497 e. The molecule has 3 rings (SSSR count). The first-order valence-electron chi connectivity index (χ1n) is 9.64. The van der Waals surface area contributed by atoms with Gasteiger partial charge in [0.1, 0.15) is 11.6 Å². The molecule has 1 heterocycles. The van der Waals surface area contributed by atoms with Gasteiger partial charge in [0.15, 0.2) is 0 Å². The number of amides is 2. The van der Waals surface area contributed by atoms with Crippen LogP contribution in [0.3, 0.4) is 0 Å². The van der Waals surface area contributed by atoms with Crippen molar-refractivity contribution in [2.45, 2.75) is 25.4 Å². The summed E-state index contributed by atoms with van der Waals surface area (Å²) in [5.41, 5.74) is 1.58. The summed E-state index contributed by atoms with van der Waals surface area (Å²) in [6.07, 6.45) is 0.123. The monoisotopic (exact) mass is 435 g/mol. The number of hydrogen-bond donors (Lipinski definition) is 2. The Labute approximate surface area is 182 Å². The topological polar surface area (TPSA) is 70.7 Å². The molecule has 0 aromatic heterocycles. The Kier molecular flexibility index (Phi) is 8.62. The number of halogens is 2. The molecule has 30 heavy (non-hydrogen) atoms. The zero-order chi connectivity index (χ0) is 20.8. The van der Waals surface area contributed by atoms with Crippen molar-refractivity contribution in [3.63, 3.8) is 0 Å². The molecule has 8 heteroatoms. The van der Waals surface area contributed by atoms with Crippen LogP contribution in [0.1, 0.15) is 36.6 Å². The third-order valence-electron chi connectivity index (χ3n) is 5.07. The fourth-order valence-electron chi connectivity index (χ4n) is 3.64. The predicted molar refractivity (Wildman–Crippen MR) is 115 cm³/mol. The summed E-state index contributed by atoms with van der Waals surface area (Å²) in [7, 11) is 1.58. The molecule has 1 fully saturated rings. The molecule has 2 aromatic rings. The smallest absolute Gasteiger partial charge is 0.225 e. The molecule has 0 radical (unpaired) electrons. The maximum absolute atomic E-state index is 13.7. The van der Waals surface area contributed by atoms with Crippen LogP contribution >= 0.6 is 12.4 Å². The Morgan fingerprint density at radius 2 is 2.00 bits per heavy atom. The van der Waals surface area contributed by atoms with Crippen molar-refractivity contribution in [3.8, 4) is 5.75 Å². The molecule has 0 spiro atoms. The Morgan fingerprint density at radius 3 is 2.63 bits per heavy atom. The number of nitrogens with one attached hydrogen (secondary N) is 2. The van der Waals surface area contributed by atoms with Crippen LogP contribution in [0.25, 0.3) is 0 Å². The van der Waals surface area contributed by atoms with E-state index >= 15 is 0 Å². The van der Waals surface area contributed by atoms with E-state index in [1.165, 1.54) is 19.1 Å². The van der Waals surface area contributed by atoms with Gasteiger partial charge in [0.2, 0.25) is 11.8 Å². The molecule has 0 bridgehead atoms. The summed E-state index contributed by atoms with van der Waals surface area (Å²) >= 11 is 0. The van der Waals surface area contributed by atoms with E-state index < -0.39 is 6.04 Å². The van der Waals surface area contributed by atoms with Crippen LogP contribution in [0, 0.1) is 5.82 Å². The van der Waals surface area contributed by atoms with Gasteiger partial charge >= 0.3 is 0 Å². The van der Waals surface area contributed by atoms with Gasteiger partial charge in [-0.25, -0.2) is 4.39 Å². The molecular weight excluding hydrogens is 409 g/mol. The molecule has 2 amide bonds. The van der Waals surface area contributed by atoms with Crippen LogP contribution in [0.5, 0.6) is 5.75 Å². The lowest BCUT2D eigenvalue weighted by molar-refractivity contribution is -0.135. The highest BCUT2D eigenvalue weighted by Gasteiger charge is 2.30. The predicted octanol–water partition coefficient (Wildman–Crippen LogP) is 3.00. The first-order chi connectivity index (χ1) is 14.0. The van der Waals surface area contributed by atoms with E-state index in [2.05, 4.69) is 10.6 Å². The van der Waals surface area contributed by atoms with E-state index in [9.17, 15) is 14.0 Å². The molecule has 0 saturated carbocycles. The van der Waals surface area contributed by atoms with Gasteiger partial charge in [-0.15, -0.1) is 12.4 Å². The fourth-order valence-corrected chi connectivity index (χ4v) is 3.64. The van der Waals surface area contributed by atoms with Gasteiger partial charge < -0.3 is 20.3 Å². The van der Waals surface area contributed by atoms with Crippen molar-refractivity contribution in [2.75, 3.05) is 26.7 Å². The zero-order valence-corrected chi connectivity index (χ0v) is 17.9. The average molecular weight is 436 g/mol. The van der Waals surface area contributed by atoms with E-state index in [-0.39, 0.29) is 42.5 Å². The van der Waals surface area contributed by atoms with Gasteiger partial charge in [-0.2, -0.15) is 0 Å². The van der Waals surface area contributed by atoms with E-state index in [1.54, 1.807) is 30.2 Å². The Hall–Kier alpha value is -2.64. The first-order valence-corrected chi connectivity index (χ1v) is 9.64. The molecule has 162 valence electrons. The lowest BCUT2D eigenvalue weighted by atomic mass is 9.99. The van der Waals surface area contributed by atoms with E-state index in [0.717, 1.165) is 11.1 Å². The van der Waals surface area contributed by atoms with Crippen LogP contribution in [-0.4, -0.2) is 43.5 Å². The largest absolute Gasteiger partial charge is 0.497 e. The van der Waals surface area contributed by atoms with Crippen LogP contribution in [0.2, 0.25) is 0 Å². The van der Waals surface area contributed by atoms with Crippen LogP contribution in [-0.2, 0) is 9.59 Å². The number of carbonyl (C=O) groups is 2. The van der Waals surface area contributed by atoms with Crippen LogP contribution in [0.4, 0.5) is 4.39 Å². The second-order valence-corrected chi connectivity index (χ2v) is 7.09. The van der Waals surface area contributed by atoms with Crippen molar-refractivity contribution in [2.24, 2.45) is 0 Å². The maximum Gasteiger partial charge on any atom is 0.225 e. The van der Waals surface area contributed by atoms with Crippen LogP contribution in [0.15, 0.2) is 48.5 Å². The van der Waals surface area contributed by atoms with Gasteiger partial charge in [0.25, 0.3) is 0 Å². The summed E-state index contributed by atoms with van der Waals surface area (Å²) in [5.74, 6) is 0.0840. The lowest BCUT2D eigenvalue weighted by Gasteiger charge is -2.37. The Balaban J connectivity index is 0.00000320. The summed E-state index contributed by atoms with van der Waals surface area (Å²) in [6, 6.07) is 12.9. The molecular formula is C22H27ClFN3O3. The normalized spacial score (nSPS) is 16.9. The van der Waals surface area contributed by atoms with Gasteiger partial charge in [-0.3, -0.25) is 9.59 Å².